The fourth-order valence-corrected chi connectivity index (χ4v) is 2.17. The molecule has 0 bridgehead atoms. The second kappa shape index (κ2) is 11.7. The molecule has 1 aliphatic carbocycles. The SMILES string of the molecule is C=C/C=C(C)/C(=C\C)c1c(OC2CC2)ccnc1C.CC.CC. The number of nitrogens with zero attached hydrogens (tertiary/aromatic N) is 1. The topological polar surface area (TPSA) is 22.1 Å². The first-order chi connectivity index (χ1) is 11.2. The highest BCUT2D eigenvalue weighted by Gasteiger charge is 2.25. The summed E-state index contributed by atoms with van der Waals surface area (Å²) in [4.78, 5) is 4.40. The van der Waals surface area contributed by atoms with Crippen molar-refractivity contribution in [2.24, 2.45) is 0 Å². The van der Waals surface area contributed by atoms with E-state index in [9.17, 15) is 0 Å². The molecule has 0 amide bonds. The number of pyridine rings is 1. The van der Waals surface area contributed by atoms with Gasteiger partial charge in [0.05, 0.1) is 6.10 Å². The van der Waals surface area contributed by atoms with Crippen molar-refractivity contribution in [3.8, 4) is 5.75 Å². The van der Waals surface area contributed by atoms with Crippen molar-refractivity contribution in [1.29, 1.82) is 0 Å². The number of hydrogen-bond donors (Lipinski definition) is 0. The van der Waals surface area contributed by atoms with Gasteiger partial charge in [-0.3, -0.25) is 4.98 Å². The van der Waals surface area contributed by atoms with Crippen molar-refractivity contribution in [2.45, 2.75) is 67.4 Å². The molecular weight excluding hydrogens is 282 g/mol. The van der Waals surface area contributed by atoms with Crippen LogP contribution >= 0.6 is 0 Å². The van der Waals surface area contributed by atoms with E-state index >= 15 is 0 Å². The number of rotatable bonds is 5. The molecule has 0 unspecified atom stereocenters. The minimum atomic E-state index is 0.391. The van der Waals surface area contributed by atoms with Gasteiger partial charge >= 0.3 is 0 Å². The van der Waals surface area contributed by atoms with Crippen molar-refractivity contribution in [2.75, 3.05) is 0 Å². The van der Waals surface area contributed by atoms with Crippen LogP contribution in [0, 0.1) is 6.92 Å². The van der Waals surface area contributed by atoms with Gasteiger partial charge in [-0.15, -0.1) is 0 Å². The molecule has 1 heterocycles. The number of ether oxygens (including phenoxy) is 1. The van der Waals surface area contributed by atoms with Gasteiger partial charge < -0.3 is 4.74 Å². The largest absolute Gasteiger partial charge is 0.490 e. The molecule has 1 aliphatic rings. The third-order valence-corrected chi connectivity index (χ3v) is 3.27. The maximum atomic E-state index is 6.01. The van der Waals surface area contributed by atoms with Crippen molar-refractivity contribution in [1.82, 2.24) is 4.98 Å². The van der Waals surface area contributed by atoms with Crippen LogP contribution in [0.3, 0.4) is 0 Å². The van der Waals surface area contributed by atoms with Gasteiger partial charge in [0.2, 0.25) is 0 Å². The van der Waals surface area contributed by atoms with Gasteiger partial charge in [0.15, 0.2) is 0 Å². The zero-order valence-electron chi connectivity index (χ0n) is 15.9. The average molecular weight is 316 g/mol. The van der Waals surface area contributed by atoms with E-state index in [2.05, 4.69) is 24.6 Å². The van der Waals surface area contributed by atoms with Crippen molar-refractivity contribution >= 4 is 5.57 Å². The average Bonchev–Trinajstić information content (AvgIpc) is 3.39. The molecule has 23 heavy (non-hydrogen) atoms. The van der Waals surface area contributed by atoms with E-state index in [1.807, 2.05) is 66.0 Å². The summed E-state index contributed by atoms with van der Waals surface area (Å²) in [7, 11) is 0. The molecule has 0 spiro atoms. The minimum absolute atomic E-state index is 0.391. The highest BCUT2D eigenvalue weighted by Crippen LogP contribution is 2.36. The zero-order chi connectivity index (χ0) is 17.8. The molecule has 2 nitrogen and oxygen atoms in total. The van der Waals surface area contributed by atoms with E-state index in [4.69, 9.17) is 4.74 Å². The molecule has 1 aromatic rings. The first kappa shape index (κ1) is 21.2. The molecule has 1 fully saturated rings. The lowest BCUT2D eigenvalue weighted by molar-refractivity contribution is 0.302. The Kier molecular flexibility index (Phi) is 10.8. The van der Waals surface area contributed by atoms with Crippen LogP contribution in [-0.2, 0) is 0 Å². The number of hydrogen-bond acceptors (Lipinski definition) is 2. The fraction of sp³-hybridized carbons (Fsp3) is 0.476. The normalized spacial score (nSPS) is 14.0. The van der Waals surface area contributed by atoms with Crippen LogP contribution in [0.15, 0.2) is 42.6 Å². The van der Waals surface area contributed by atoms with E-state index in [1.54, 1.807) is 0 Å². The molecule has 2 heteroatoms. The molecule has 0 radical (unpaired) electrons. The second-order valence-electron chi connectivity index (χ2n) is 4.87. The molecular formula is C21H33NO. The Morgan fingerprint density at radius 3 is 2.35 bits per heavy atom. The van der Waals surface area contributed by atoms with Crippen LogP contribution in [0.25, 0.3) is 5.57 Å². The standard InChI is InChI=1S/C17H21NO.2C2H6/c1-5-7-12(3)15(6-2)17-13(4)18-11-10-16(17)19-14-8-9-14;2*1-2/h5-7,10-11,14H,1,8-9H2,2-4H3;2*1-2H3/b12-7+,15-6+;;. The Hall–Kier alpha value is -1.83. The van der Waals surface area contributed by atoms with Gasteiger partial charge in [-0.2, -0.15) is 0 Å². The smallest absolute Gasteiger partial charge is 0.130 e. The van der Waals surface area contributed by atoms with E-state index in [1.165, 1.54) is 11.1 Å². The monoisotopic (exact) mass is 315 g/mol. The highest BCUT2D eigenvalue weighted by atomic mass is 16.5. The Morgan fingerprint density at radius 2 is 1.87 bits per heavy atom. The molecule has 0 aromatic carbocycles. The van der Waals surface area contributed by atoms with Crippen LogP contribution in [0.1, 0.15) is 65.6 Å². The first-order valence-corrected chi connectivity index (χ1v) is 8.76. The molecule has 0 aliphatic heterocycles. The van der Waals surface area contributed by atoms with Crippen LogP contribution < -0.4 is 4.74 Å². The minimum Gasteiger partial charge on any atom is -0.490 e. The first-order valence-electron chi connectivity index (χ1n) is 8.76. The Balaban J connectivity index is 0.00000112. The van der Waals surface area contributed by atoms with Gasteiger partial charge in [-0.05, 0) is 50.8 Å². The summed E-state index contributed by atoms with van der Waals surface area (Å²) in [6.45, 7) is 17.9. The molecule has 0 saturated heterocycles. The molecule has 0 atom stereocenters. The molecule has 1 saturated carbocycles. The summed E-state index contributed by atoms with van der Waals surface area (Å²) in [6.07, 6.45) is 10.5. The number of allylic oxidation sites excluding steroid dienone is 5. The lowest BCUT2D eigenvalue weighted by atomic mass is 9.96. The van der Waals surface area contributed by atoms with Gasteiger partial charge in [-0.25, -0.2) is 0 Å². The van der Waals surface area contributed by atoms with E-state index < -0.39 is 0 Å². The summed E-state index contributed by atoms with van der Waals surface area (Å²) in [6, 6.07) is 1.96. The van der Waals surface area contributed by atoms with E-state index in [-0.39, 0.29) is 0 Å². The summed E-state index contributed by atoms with van der Waals surface area (Å²) in [5, 5.41) is 0. The van der Waals surface area contributed by atoms with Crippen LogP contribution in [0.2, 0.25) is 0 Å². The molecule has 0 N–H and O–H groups in total. The lowest BCUT2D eigenvalue weighted by Gasteiger charge is -2.16. The third kappa shape index (κ3) is 6.43. The Bertz CT molecular complexity index is 537. The van der Waals surface area contributed by atoms with E-state index in [0.717, 1.165) is 29.8 Å². The summed E-state index contributed by atoms with van der Waals surface area (Å²) >= 11 is 0. The van der Waals surface area contributed by atoms with Crippen molar-refractivity contribution < 1.29 is 4.74 Å². The maximum absolute atomic E-state index is 6.01. The number of aryl methyl sites for hydroxylation is 1. The summed E-state index contributed by atoms with van der Waals surface area (Å²) < 4.78 is 6.01. The van der Waals surface area contributed by atoms with Gasteiger partial charge in [-0.1, -0.05) is 52.5 Å². The Labute approximate surface area is 143 Å². The van der Waals surface area contributed by atoms with Crippen molar-refractivity contribution in [3.63, 3.8) is 0 Å². The van der Waals surface area contributed by atoms with Crippen molar-refractivity contribution in [3.05, 3.63) is 53.9 Å². The summed E-state index contributed by atoms with van der Waals surface area (Å²) in [5.74, 6) is 0.944. The predicted molar refractivity (Wildman–Crippen MR) is 103 cm³/mol. The van der Waals surface area contributed by atoms with Crippen LogP contribution in [-0.4, -0.2) is 11.1 Å². The summed E-state index contributed by atoms with van der Waals surface area (Å²) in [5.41, 5.74) is 4.45. The van der Waals surface area contributed by atoms with Gasteiger partial charge in [0, 0.05) is 17.5 Å². The quantitative estimate of drug-likeness (QED) is 0.577. The van der Waals surface area contributed by atoms with Crippen LogP contribution in [0.5, 0.6) is 5.75 Å². The highest BCUT2D eigenvalue weighted by molar-refractivity contribution is 5.82. The zero-order valence-corrected chi connectivity index (χ0v) is 15.9. The number of aromatic nitrogens is 1. The molecule has 1 aromatic heterocycles. The Morgan fingerprint density at radius 1 is 1.26 bits per heavy atom. The molecule has 2 rings (SSSR count). The second-order valence-corrected chi connectivity index (χ2v) is 4.87. The lowest BCUT2D eigenvalue weighted by Crippen LogP contribution is -2.03. The van der Waals surface area contributed by atoms with Gasteiger partial charge in [0.25, 0.3) is 0 Å². The predicted octanol–water partition coefficient (Wildman–Crippen LogP) is 6.52. The third-order valence-electron chi connectivity index (χ3n) is 3.27. The molecule has 128 valence electrons. The van der Waals surface area contributed by atoms with Gasteiger partial charge in [0.1, 0.15) is 5.75 Å². The van der Waals surface area contributed by atoms with E-state index in [0.29, 0.717) is 6.10 Å². The maximum Gasteiger partial charge on any atom is 0.130 e. The van der Waals surface area contributed by atoms with Crippen LogP contribution in [0.4, 0.5) is 0 Å². The fourth-order valence-electron chi connectivity index (χ4n) is 2.17.